The van der Waals surface area contributed by atoms with Crippen molar-refractivity contribution < 1.29 is 17.2 Å². The summed E-state index contributed by atoms with van der Waals surface area (Å²) in [6.45, 7) is 9.19. The summed E-state index contributed by atoms with van der Waals surface area (Å²) < 4.78 is 54.4. The van der Waals surface area contributed by atoms with E-state index in [0.717, 1.165) is 12.1 Å². The third kappa shape index (κ3) is 4.93. The molecule has 0 aliphatic carbocycles. The van der Waals surface area contributed by atoms with Crippen LogP contribution in [0.5, 0.6) is 0 Å². The average Bonchev–Trinajstić information content (AvgIpc) is 2.06. The van der Waals surface area contributed by atoms with Gasteiger partial charge in [0.2, 0.25) is 10.0 Å². The smallest absolute Gasteiger partial charge is 0.246 e. The number of anilines is 1. The highest BCUT2D eigenvalue weighted by Gasteiger charge is 2.33. The molecule has 0 aromatic heterocycles. The maximum Gasteiger partial charge on any atom is 0.246 e. The summed E-state index contributed by atoms with van der Waals surface area (Å²) in [5.41, 5.74) is 4.12. The lowest BCUT2D eigenvalue weighted by Gasteiger charge is -2.33. The van der Waals surface area contributed by atoms with Crippen molar-refractivity contribution >= 4 is 15.7 Å². The SMILES string of the molecule is CC(C)(C)CC(C)(C)NS(=O)(=O)c1c(F)cc(N)cc1F. The maximum absolute atomic E-state index is 13.8. The second-order valence-electron chi connectivity index (χ2n) is 7.04. The van der Waals surface area contributed by atoms with Crippen LogP contribution in [0.15, 0.2) is 17.0 Å². The van der Waals surface area contributed by atoms with E-state index >= 15 is 0 Å². The van der Waals surface area contributed by atoms with Crippen molar-refractivity contribution in [2.24, 2.45) is 5.41 Å². The van der Waals surface area contributed by atoms with E-state index in [2.05, 4.69) is 4.72 Å². The van der Waals surface area contributed by atoms with Gasteiger partial charge in [-0.3, -0.25) is 0 Å². The quantitative estimate of drug-likeness (QED) is 0.838. The van der Waals surface area contributed by atoms with Gasteiger partial charge >= 0.3 is 0 Å². The lowest BCUT2D eigenvalue weighted by Crippen LogP contribution is -2.46. The highest BCUT2D eigenvalue weighted by atomic mass is 32.2. The third-order valence-electron chi connectivity index (χ3n) is 2.67. The van der Waals surface area contributed by atoms with Crippen molar-refractivity contribution in [2.45, 2.75) is 51.5 Å². The Hall–Kier alpha value is -1.21. The number of nitrogens with two attached hydrogens (primary N) is 1. The van der Waals surface area contributed by atoms with Gasteiger partial charge in [-0.15, -0.1) is 0 Å². The minimum atomic E-state index is -4.32. The number of halogens is 2. The predicted octanol–water partition coefficient (Wildman–Crippen LogP) is 3.04. The van der Waals surface area contributed by atoms with Crippen LogP contribution in [-0.2, 0) is 10.0 Å². The predicted molar refractivity (Wildman–Crippen MR) is 79.2 cm³/mol. The van der Waals surface area contributed by atoms with Gasteiger partial charge in [-0.05, 0) is 37.8 Å². The number of nitrogens with one attached hydrogen (secondary N) is 1. The van der Waals surface area contributed by atoms with E-state index in [-0.39, 0.29) is 11.1 Å². The van der Waals surface area contributed by atoms with Crippen molar-refractivity contribution in [3.05, 3.63) is 23.8 Å². The van der Waals surface area contributed by atoms with Crippen LogP contribution in [0.3, 0.4) is 0 Å². The molecule has 0 radical (unpaired) electrons. The number of sulfonamides is 1. The summed E-state index contributed by atoms with van der Waals surface area (Å²) in [5, 5.41) is 0. The van der Waals surface area contributed by atoms with Gasteiger partial charge < -0.3 is 5.73 Å². The second-order valence-corrected chi connectivity index (χ2v) is 8.66. The first-order valence-electron chi connectivity index (χ1n) is 6.52. The molecule has 0 atom stereocenters. The highest BCUT2D eigenvalue weighted by Crippen LogP contribution is 2.29. The van der Waals surface area contributed by atoms with E-state index in [4.69, 9.17) is 5.73 Å². The van der Waals surface area contributed by atoms with Crippen LogP contribution in [0.2, 0.25) is 0 Å². The number of hydrogen-bond acceptors (Lipinski definition) is 3. The molecular formula is C14H22F2N2O2S. The Morgan fingerprint density at radius 2 is 1.52 bits per heavy atom. The number of rotatable bonds is 4. The van der Waals surface area contributed by atoms with Gasteiger partial charge in [0.25, 0.3) is 0 Å². The van der Waals surface area contributed by atoms with Crippen molar-refractivity contribution in [1.82, 2.24) is 4.72 Å². The zero-order valence-corrected chi connectivity index (χ0v) is 13.7. The third-order valence-corrected chi connectivity index (χ3v) is 4.42. The molecule has 0 spiro atoms. The fourth-order valence-electron chi connectivity index (χ4n) is 2.61. The first-order chi connectivity index (χ1) is 9.23. The fourth-order valence-corrected chi connectivity index (χ4v) is 4.15. The van der Waals surface area contributed by atoms with Crippen molar-refractivity contribution in [2.75, 3.05) is 5.73 Å². The Balaban J connectivity index is 3.19. The van der Waals surface area contributed by atoms with Crippen LogP contribution in [0.1, 0.15) is 41.0 Å². The summed E-state index contributed by atoms with van der Waals surface area (Å²) in [4.78, 5) is -1.00. The minimum Gasteiger partial charge on any atom is -0.399 e. The molecule has 0 saturated carbocycles. The number of nitrogen functional groups attached to an aromatic ring is 1. The zero-order valence-electron chi connectivity index (χ0n) is 12.9. The normalized spacial score (nSPS) is 13.5. The van der Waals surface area contributed by atoms with E-state index in [1.54, 1.807) is 13.8 Å². The lowest BCUT2D eigenvalue weighted by atomic mass is 9.82. The number of benzene rings is 1. The molecule has 1 rings (SSSR count). The second kappa shape index (κ2) is 5.53. The van der Waals surface area contributed by atoms with E-state index in [1.807, 2.05) is 20.8 Å². The summed E-state index contributed by atoms with van der Waals surface area (Å²) in [5.74, 6) is -2.40. The molecule has 120 valence electrons. The molecule has 1 aromatic rings. The van der Waals surface area contributed by atoms with Crippen LogP contribution in [0.4, 0.5) is 14.5 Å². The van der Waals surface area contributed by atoms with Crippen LogP contribution in [0, 0.1) is 17.0 Å². The molecule has 0 saturated heterocycles. The zero-order chi connectivity index (χ0) is 16.6. The van der Waals surface area contributed by atoms with E-state index in [9.17, 15) is 17.2 Å². The Bertz CT molecular complexity index is 612. The monoisotopic (exact) mass is 320 g/mol. The first-order valence-corrected chi connectivity index (χ1v) is 8.00. The summed E-state index contributed by atoms with van der Waals surface area (Å²) in [6.07, 6.45) is 0.497. The highest BCUT2D eigenvalue weighted by molar-refractivity contribution is 7.89. The van der Waals surface area contributed by atoms with Gasteiger partial charge in [0, 0.05) is 11.2 Å². The van der Waals surface area contributed by atoms with Gasteiger partial charge in [-0.25, -0.2) is 21.9 Å². The lowest BCUT2D eigenvalue weighted by molar-refractivity contribution is 0.269. The standard InChI is InChI=1S/C14H22F2N2O2S/c1-13(2,3)8-14(4,5)18-21(19,20)12-10(15)6-9(17)7-11(12)16/h6-7,18H,8,17H2,1-5H3. The van der Waals surface area contributed by atoms with Crippen LogP contribution >= 0.6 is 0 Å². The van der Waals surface area contributed by atoms with Crippen molar-refractivity contribution in [3.63, 3.8) is 0 Å². The Kier molecular flexibility index (Phi) is 4.70. The van der Waals surface area contributed by atoms with Crippen LogP contribution < -0.4 is 10.5 Å². The molecule has 0 bridgehead atoms. The first kappa shape index (κ1) is 17.8. The van der Waals surface area contributed by atoms with Gasteiger partial charge in [0.05, 0.1) is 0 Å². The molecule has 0 amide bonds. The Morgan fingerprint density at radius 1 is 1.10 bits per heavy atom. The van der Waals surface area contributed by atoms with Gasteiger partial charge in [-0.1, -0.05) is 20.8 Å². The molecule has 3 N–H and O–H groups in total. The molecule has 0 aliphatic heterocycles. The Morgan fingerprint density at radius 3 is 1.90 bits per heavy atom. The van der Waals surface area contributed by atoms with Crippen molar-refractivity contribution in [3.8, 4) is 0 Å². The largest absolute Gasteiger partial charge is 0.399 e. The van der Waals surface area contributed by atoms with E-state index in [1.165, 1.54) is 0 Å². The van der Waals surface area contributed by atoms with Gasteiger partial charge in [0.1, 0.15) is 11.6 Å². The summed E-state index contributed by atoms with van der Waals surface area (Å²) in [7, 11) is -4.32. The maximum atomic E-state index is 13.8. The molecule has 7 heteroatoms. The molecule has 4 nitrogen and oxygen atoms in total. The minimum absolute atomic E-state index is 0.149. The van der Waals surface area contributed by atoms with Crippen LogP contribution in [-0.4, -0.2) is 14.0 Å². The van der Waals surface area contributed by atoms with Crippen molar-refractivity contribution in [1.29, 1.82) is 0 Å². The van der Waals surface area contributed by atoms with Gasteiger partial charge in [0.15, 0.2) is 4.90 Å². The summed E-state index contributed by atoms with van der Waals surface area (Å²) >= 11 is 0. The molecule has 0 heterocycles. The fraction of sp³-hybridized carbons (Fsp3) is 0.571. The average molecular weight is 320 g/mol. The molecule has 1 aromatic carbocycles. The molecule has 0 aliphatic rings. The molecule has 0 unspecified atom stereocenters. The molecule has 0 fully saturated rings. The van der Waals surface area contributed by atoms with E-state index < -0.39 is 32.1 Å². The molecular weight excluding hydrogens is 298 g/mol. The van der Waals surface area contributed by atoms with Gasteiger partial charge in [-0.2, -0.15) is 0 Å². The Labute approximate surface area is 124 Å². The van der Waals surface area contributed by atoms with Crippen LogP contribution in [0.25, 0.3) is 0 Å². The van der Waals surface area contributed by atoms with E-state index in [0.29, 0.717) is 6.42 Å². The number of hydrogen-bond donors (Lipinski definition) is 2. The topological polar surface area (TPSA) is 72.2 Å². The summed E-state index contributed by atoms with van der Waals surface area (Å²) in [6, 6.07) is 1.57. The molecule has 21 heavy (non-hydrogen) atoms.